The van der Waals surface area contributed by atoms with Gasteiger partial charge < -0.3 is 38.7 Å². The number of aliphatic hydroxyl groups excluding tert-OH is 1. The maximum atomic E-state index is 11.4. The fraction of sp³-hybridized carbons (Fsp3) is 0.435. The molecule has 5 rings (SSSR count). The fourth-order valence-electron chi connectivity index (χ4n) is 4.56. The van der Waals surface area contributed by atoms with Crippen LogP contribution in [-0.2, 0) is 16.0 Å². The summed E-state index contributed by atoms with van der Waals surface area (Å²) in [6.07, 6.45) is 0.149. The van der Waals surface area contributed by atoms with Gasteiger partial charge in [0.25, 0.3) is 0 Å². The second-order valence-electron chi connectivity index (χ2n) is 7.96. The van der Waals surface area contributed by atoms with Gasteiger partial charge in [0.1, 0.15) is 17.9 Å². The van der Waals surface area contributed by atoms with E-state index >= 15 is 0 Å². The standard InChI is InChI=1S/C23H27N3O6/c1-28-14-6-4-5-13(7-14)10-24-20-19-11-31-23(32-19)21(22(20)27)26-12-25-15-8-17(29-2)18(30-3)9-16(15)26/h4-9,12,19-24,27H,10-11H2,1-3H3/t19-,20-,21-,22+,23-/m1/s1. The minimum Gasteiger partial charge on any atom is -0.497 e. The highest BCUT2D eigenvalue weighted by atomic mass is 16.7. The van der Waals surface area contributed by atoms with Gasteiger partial charge >= 0.3 is 0 Å². The number of ether oxygens (including phenoxy) is 5. The van der Waals surface area contributed by atoms with Gasteiger partial charge in [0, 0.05) is 18.7 Å². The van der Waals surface area contributed by atoms with Gasteiger partial charge in [-0.2, -0.15) is 0 Å². The molecular formula is C23H27N3O6. The third-order valence-corrected chi connectivity index (χ3v) is 6.21. The highest BCUT2D eigenvalue weighted by Gasteiger charge is 2.51. The molecule has 0 amide bonds. The second kappa shape index (κ2) is 8.59. The maximum Gasteiger partial charge on any atom is 0.181 e. The van der Waals surface area contributed by atoms with E-state index in [4.69, 9.17) is 23.7 Å². The predicted molar refractivity (Wildman–Crippen MR) is 116 cm³/mol. The highest BCUT2D eigenvalue weighted by Crippen LogP contribution is 2.39. The van der Waals surface area contributed by atoms with Crippen molar-refractivity contribution in [3.05, 3.63) is 48.3 Å². The smallest absolute Gasteiger partial charge is 0.181 e. The Morgan fingerprint density at radius 3 is 2.72 bits per heavy atom. The summed E-state index contributed by atoms with van der Waals surface area (Å²) in [5.74, 6) is 1.98. The van der Waals surface area contributed by atoms with Crippen molar-refractivity contribution in [3.8, 4) is 17.2 Å². The molecule has 2 bridgehead atoms. The van der Waals surface area contributed by atoms with E-state index in [2.05, 4.69) is 10.3 Å². The first-order valence-electron chi connectivity index (χ1n) is 10.5. The molecule has 2 aromatic carbocycles. The molecule has 5 atom stereocenters. The lowest BCUT2D eigenvalue weighted by molar-refractivity contribution is -0.164. The van der Waals surface area contributed by atoms with Crippen LogP contribution in [0.3, 0.4) is 0 Å². The molecule has 0 saturated carbocycles. The molecule has 0 spiro atoms. The Labute approximate surface area is 185 Å². The molecular weight excluding hydrogens is 414 g/mol. The van der Waals surface area contributed by atoms with Crippen LogP contribution in [0.4, 0.5) is 0 Å². The van der Waals surface area contributed by atoms with Crippen molar-refractivity contribution in [2.24, 2.45) is 0 Å². The summed E-state index contributed by atoms with van der Waals surface area (Å²) < 4.78 is 30.1. The molecule has 9 heteroatoms. The van der Waals surface area contributed by atoms with Crippen molar-refractivity contribution in [1.82, 2.24) is 14.9 Å². The van der Waals surface area contributed by atoms with Crippen LogP contribution in [-0.4, -0.2) is 67.1 Å². The number of aromatic nitrogens is 2. The number of methoxy groups -OCH3 is 3. The molecule has 32 heavy (non-hydrogen) atoms. The number of aliphatic hydroxyl groups is 1. The molecule has 0 aliphatic carbocycles. The Kier molecular flexibility index (Phi) is 5.64. The van der Waals surface area contributed by atoms with Gasteiger partial charge in [-0.25, -0.2) is 4.98 Å². The van der Waals surface area contributed by atoms with E-state index in [1.165, 1.54) is 0 Å². The summed E-state index contributed by atoms with van der Waals surface area (Å²) >= 11 is 0. The monoisotopic (exact) mass is 441 g/mol. The molecule has 2 aliphatic rings. The highest BCUT2D eigenvalue weighted by molar-refractivity contribution is 5.80. The lowest BCUT2D eigenvalue weighted by Gasteiger charge is -2.39. The average molecular weight is 441 g/mol. The van der Waals surface area contributed by atoms with Crippen molar-refractivity contribution in [2.45, 2.75) is 37.1 Å². The number of imidazole rings is 1. The summed E-state index contributed by atoms with van der Waals surface area (Å²) in [6.45, 7) is 0.976. The molecule has 0 radical (unpaired) electrons. The van der Waals surface area contributed by atoms with E-state index in [0.29, 0.717) is 24.7 Å². The van der Waals surface area contributed by atoms with Gasteiger partial charge in [0.2, 0.25) is 0 Å². The zero-order valence-electron chi connectivity index (χ0n) is 18.2. The second-order valence-corrected chi connectivity index (χ2v) is 7.96. The molecule has 1 aromatic heterocycles. The van der Waals surface area contributed by atoms with Gasteiger partial charge in [0.05, 0.1) is 57.4 Å². The SMILES string of the molecule is COc1cccc(CN[C@H]2[C@H](O)[C@@H](n3cnc4cc(OC)c(OC)cc43)[C@@H]3OC[C@H]2O3)c1. The predicted octanol–water partition coefficient (Wildman–Crippen LogP) is 1.88. The zero-order valence-corrected chi connectivity index (χ0v) is 18.2. The first-order chi connectivity index (χ1) is 15.6. The number of rotatable bonds is 7. The van der Waals surface area contributed by atoms with E-state index in [-0.39, 0.29) is 12.1 Å². The van der Waals surface area contributed by atoms with Crippen LogP contribution in [0, 0.1) is 0 Å². The van der Waals surface area contributed by atoms with Gasteiger partial charge in [-0.15, -0.1) is 0 Å². The van der Waals surface area contributed by atoms with Crippen LogP contribution in [0.15, 0.2) is 42.7 Å². The van der Waals surface area contributed by atoms with Gasteiger partial charge in [-0.3, -0.25) is 0 Å². The first-order valence-corrected chi connectivity index (χ1v) is 10.5. The van der Waals surface area contributed by atoms with Crippen molar-refractivity contribution in [1.29, 1.82) is 0 Å². The van der Waals surface area contributed by atoms with E-state index in [1.807, 2.05) is 41.0 Å². The van der Waals surface area contributed by atoms with Gasteiger partial charge in [-0.1, -0.05) is 12.1 Å². The van der Waals surface area contributed by atoms with Gasteiger partial charge in [-0.05, 0) is 17.7 Å². The van der Waals surface area contributed by atoms with Gasteiger partial charge in [0.15, 0.2) is 17.8 Å². The topological polar surface area (TPSA) is 96.2 Å². The molecule has 3 aromatic rings. The van der Waals surface area contributed by atoms with Crippen molar-refractivity contribution in [2.75, 3.05) is 27.9 Å². The quantitative estimate of drug-likeness (QED) is 0.574. The summed E-state index contributed by atoms with van der Waals surface area (Å²) in [6, 6.07) is 10.7. The lowest BCUT2D eigenvalue weighted by atomic mass is 9.95. The minimum atomic E-state index is -0.752. The Balaban J connectivity index is 1.43. The molecule has 9 nitrogen and oxygen atoms in total. The average Bonchev–Trinajstić information content (AvgIpc) is 3.43. The van der Waals surface area contributed by atoms with Crippen LogP contribution in [0.1, 0.15) is 11.6 Å². The number of hydrogen-bond donors (Lipinski definition) is 2. The molecule has 0 unspecified atom stereocenters. The Hall–Kier alpha value is -2.85. The molecule has 2 N–H and O–H groups in total. The Morgan fingerprint density at radius 2 is 1.94 bits per heavy atom. The number of fused-ring (bicyclic) bond motifs is 3. The van der Waals surface area contributed by atoms with Crippen LogP contribution < -0.4 is 19.5 Å². The lowest BCUT2D eigenvalue weighted by Crippen LogP contribution is -2.57. The summed E-state index contributed by atoms with van der Waals surface area (Å²) in [4.78, 5) is 4.50. The first kappa shape index (κ1) is 21.0. The van der Waals surface area contributed by atoms with E-state index < -0.39 is 18.4 Å². The number of nitrogens with zero attached hydrogens (tertiary/aromatic N) is 2. The van der Waals surface area contributed by atoms with Crippen LogP contribution in [0.5, 0.6) is 17.2 Å². The largest absolute Gasteiger partial charge is 0.497 e. The normalized spacial score (nSPS) is 26.9. The summed E-state index contributed by atoms with van der Waals surface area (Å²) in [5.41, 5.74) is 2.59. The molecule has 2 fully saturated rings. The molecule has 2 saturated heterocycles. The summed E-state index contributed by atoms with van der Waals surface area (Å²) in [7, 11) is 4.82. The third-order valence-electron chi connectivity index (χ3n) is 6.21. The van der Waals surface area contributed by atoms with E-state index in [0.717, 1.165) is 22.3 Å². The fourth-order valence-corrected chi connectivity index (χ4v) is 4.56. The summed E-state index contributed by atoms with van der Waals surface area (Å²) in [5, 5.41) is 14.9. The van der Waals surface area contributed by atoms with E-state index in [1.54, 1.807) is 27.7 Å². The zero-order chi connectivity index (χ0) is 22.2. The molecule has 3 heterocycles. The van der Waals surface area contributed by atoms with Crippen LogP contribution >= 0.6 is 0 Å². The maximum absolute atomic E-state index is 11.4. The van der Waals surface area contributed by atoms with E-state index in [9.17, 15) is 5.11 Å². The third kappa shape index (κ3) is 3.57. The molecule has 2 aliphatic heterocycles. The Bertz CT molecular complexity index is 1100. The number of nitrogens with one attached hydrogen (secondary N) is 1. The van der Waals surface area contributed by atoms with Crippen LogP contribution in [0.25, 0.3) is 11.0 Å². The van der Waals surface area contributed by atoms with Crippen molar-refractivity contribution < 1.29 is 28.8 Å². The Morgan fingerprint density at radius 1 is 1.12 bits per heavy atom. The van der Waals surface area contributed by atoms with Crippen molar-refractivity contribution >= 4 is 11.0 Å². The number of hydrogen-bond acceptors (Lipinski definition) is 8. The van der Waals surface area contributed by atoms with Crippen molar-refractivity contribution in [3.63, 3.8) is 0 Å². The molecule has 170 valence electrons. The number of benzene rings is 2. The van der Waals surface area contributed by atoms with Crippen LogP contribution in [0.2, 0.25) is 0 Å². The minimum absolute atomic E-state index is 0.235.